The van der Waals surface area contributed by atoms with Crippen LogP contribution in [0, 0.1) is 17.1 Å². The van der Waals surface area contributed by atoms with Crippen LogP contribution in [0.3, 0.4) is 0 Å². The molecule has 36 heavy (non-hydrogen) atoms. The summed E-state index contributed by atoms with van der Waals surface area (Å²) in [5.41, 5.74) is 0.998. The molecule has 8 nitrogen and oxygen atoms in total. The molecule has 0 aliphatic heterocycles. The molecule has 3 aromatic rings. The Morgan fingerprint density at radius 2 is 1.81 bits per heavy atom. The molecule has 0 bridgehead atoms. The van der Waals surface area contributed by atoms with Crippen LogP contribution in [-0.2, 0) is 14.3 Å². The van der Waals surface area contributed by atoms with Gasteiger partial charge >= 0.3 is 12.1 Å². The molecule has 10 heteroatoms. The average Bonchev–Trinajstić information content (AvgIpc) is 2.89. The lowest BCUT2D eigenvalue weighted by molar-refractivity contribution is -0.141. The average molecular weight is 511 g/mol. The largest absolute Gasteiger partial charge is 0.505 e. The smallest absolute Gasteiger partial charge is 0.412 e. The van der Waals surface area contributed by atoms with Gasteiger partial charge in [-0.1, -0.05) is 24.3 Å². The third-order valence-electron chi connectivity index (χ3n) is 4.96. The number of benzene rings is 3. The first-order chi connectivity index (χ1) is 17.4. The highest BCUT2D eigenvalue weighted by atomic mass is 32.1. The van der Waals surface area contributed by atoms with Crippen LogP contribution in [0.5, 0.6) is 11.5 Å². The second-order valence-corrected chi connectivity index (χ2v) is 7.80. The Morgan fingerprint density at radius 3 is 2.44 bits per heavy atom. The van der Waals surface area contributed by atoms with E-state index in [9.17, 15) is 19.1 Å². The molecule has 186 valence electrons. The van der Waals surface area contributed by atoms with E-state index in [1.807, 2.05) is 6.07 Å². The number of thiol groups is 1. The van der Waals surface area contributed by atoms with Gasteiger partial charge in [-0.15, -0.1) is 0 Å². The van der Waals surface area contributed by atoms with E-state index < -0.39 is 35.8 Å². The van der Waals surface area contributed by atoms with Gasteiger partial charge in [0.25, 0.3) is 0 Å². The summed E-state index contributed by atoms with van der Waals surface area (Å²) in [4.78, 5) is 24.4. The molecular formula is C26H23FN2O6S. The number of phenolic OH excluding ortho intramolecular Hbond substituents is 1. The molecule has 0 fully saturated rings. The lowest BCUT2D eigenvalue weighted by Gasteiger charge is -2.28. The summed E-state index contributed by atoms with van der Waals surface area (Å²) < 4.78 is 31.1. The first-order valence-electron chi connectivity index (χ1n) is 10.8. The predicted octanol–water partition coefficient (Wildman–Crippen LogP) is 5.00. The Labute approximate surface area is 212 Å². The SMILES string of the molecule is N#Cc1ccc(NC(=O)O[C@H](c2ccc(O)c(F)c2)[C@@H](CCOC(=O)CS)Oc2ccccc2)cc1. The molecule has 0 heterocycles. The molecule has 2 atom stereocenters. The number of aromatic hydroxyl groups is 1. The summed E-state index contributed by atoms with van der Waals surface area (Å²) >= 11 is 3.88. The van der Waals surface area contributed by atoms with Crippen molar-refractivity contribution in [2.24, 2.45) is 0 Å². The number of carbonyl (C=O) groups excluding carboxylic acids is 2. The fourth-order valence-corrected chi connectivity index (χ4v) is 3.32. The summed E-state index contributed by atoms with van der Waals surface area (Å²) in [6, 6.07) is 20.4. The molecule has 2 N–H and O–H groups in total. The van der Waals surface area contributed by atoms with Gasteiger partial charge < -0.3 is 19.3 Å². The van der Waals surface area contributed by atoms with Crippen LogP contribution < -0.4 is 10.1 Å². The third kappa shape index (κ3) is 7.65. The Balaban J connectivity index is 1.88. The molecule has 0 saturated carbocycles. The normalized spacial score (nSPS) is 12.0. The molecular weight excluding hydrogens is 487 g/mol. The van der Waals surface area contributed by atoms with E-state index in [0.29, 0.717) is 17.0 Å². The van der Waals surface area contributed by atoms with Crippen LogP contribution in [0.2, 0.25) is 0 Å². The van der Waals surface area contributed by atoms with Crippen molar-refractivity contribution in [2.45, 2.75) is 18.6 Å². The highest BCUT2D eigenvalue weighted by molar-refractivity contribution is 7.81. The molecule has 0 aliphatic carbocycles. The number of phenols is 1. The minimum atomic E-state index is -1.16. The van der Waals surface area contributed by atoms with Crippen molar-refractivity contribution in [1.82, 2.24) is 0 Å². The summed E-state index contributed by atoms with van der Waals surface area (Å²) in [6.07, 6.45) is -2.84. The summed E-state index contributed by atoms with van der Waals surface area (Å²) in [5, 5.41) is 21.1. The topological polar surface area (TPSA) is 118 Å². The maximum Gasteiger partial charge on any atom is 0.412 e. The van der Waals surface area contributed by atoms with Gasteiger partial charge in [0.1, 0.15) is 11.9 Å². The summed E-state index contributed by atoms with van der Waals surface area (Å²) in [5.74, 6) is -1.68. The van der Waals surface area contributed by atoms with E-state index in [4.69, 9.17) is 19.5 Å². The van der Waals surface area contributed by atoms with Crippen molar-refractivity contribution in [1.29, 1.82) is 5.26 Å². The zero-order chi connectivity index (χ0) is 25.9. The molecule has 0 aromatic heterocycles. The Morgan fingerprint density at radius 1 is 1.08 bits per heavy atom. The van der Waals surface area contributed by atoms with E-state index in [1.165, 1.54) is 30.3 Å². The van der Waals surface area contributed by atoms with Crippen molar-refractivity contribution in [2.75, 3.05) is 17.7 Å². The van der Waals surface area contributed by atoms with E-state index >= 15 is 0 Å². The van der Waals surface area contributed by atoms with E-state index in [-0.39, 0.29) is 24.3 Å². The zero-order valence-electron chi connectivity index (χ0n) is 19.0. The number of hydrogen-bond acceptors (Lipinski definition) is 8. The second-order valence-electron chi connectivity index (χ2n) is 7.49. The zero-order valence-corrected chi connectivity index (χ0v) is 19.9. The molecule has 3 aromatic carbocycles. The highest BCUT2D eigenvalue weighted by Gasteiger charge is 2.30. The summed E-state index contributed by atoms with van der Waals surface area (Å²) in [7, 11) is 0. The van der Waals surface area contributed by atoms with Gasteiger partial charge in [0.05, 0.1) is 24.0 Å². The standard InChI is InChI=1S/C26H23FN2O6S/c27-21-14-18(8-11-22(21)30)25(35-26(32)29-19-9-6-17(15-28)7-10-19)23(12-13-33-24(31)16-36)34-20-4-2-1-3-5-20/h1-11,14,23,25,30,36H,12-13,16H2,(H,29,32)/t23-,25-/m1/s1. The van der Waals surface area contributed by atoms with Crippen molar-refractivity contribution in [3.05, 3.63) is 89.7 Å². The predicted molar refractivity (Wildman–Crippen MR) is 132 cm³/mol. The second kappa shape index (κ2) is 13.0. The maximum absolute atomic E-state index is 14.2. The van der Waals surface area contributed by atoms with E-state index in [1.54, 1.807) is 30.3 Å². The van der Waals surface area contributed by atoms with Crippen LogP contribution in [0.1, 0.15) is 23.7 Å². The monoisotopic (exact) mass is 510 g/mol. The Hall–Kier alpha value is -4.23. The number of esters is 1. The van der Waals surface area contributed by atoms with Gasteiger partial charge in [0, 0.05) is 12.1 Å². The van der Waals surface area contributed by atoms with Gasteiger partial charge in [-0.2, -0.15) is 17.9 Å². The molecule has 0 spiro atoms. The fraction of sp³-hybridized carbons (Fsp3) is 0.192. The number of carbonyl (C=O) groups is 2. The third-order valence-corrected chi connectivity index (χ3v) is 5.22. The Kier molecular flexibility index (Phi) is 9.54. The van der Waals surface area contributed by atoms with Crippen LogP contribution in [-0.4, -0.2) is 35.6 Å². The van der Waals surface area contributed by atoms with Gasteiger partial charge in [-0.05, 0) is 54.1 Å². The lowest BCUT2D eigenvalue weighted by Crippen LogP contribution is -2.32. The van der Waals surface area contributed by atoms with Gasteiger partial charge in [-0.25, -0.2) is 9.18 Å². The molecule has 1 amide bonds. The number of rotatable bonds is 10. The number of anilines is 1. The number of amides is 1. The number of nitriles is 1. The number of para-hydroxylation sites is 1. The minimum absolute atomic E-state index is 0.0748. The maximum atomic E-state index is 14.2. The molecule has 0 saturated heterocycles. The molecule has 0 radical (unpaired) electrons. The van der Waals surface area contributed by atoms with Crippen molar-refractivity contribution < 1.29 is 33.3 Å². The molecule has 0 aliphatic rings. The number of halogens is 1. The molecule has 0 unspecified atom stereocenters. The quantitative estimate of drug-likeness (QED) is 0.259. The van der Waals surface area contributed by atoms with Gasteiger partial charge in [0.15, 0.2) is 17.7 Å². The van der Waals surface area contributed by atoms with Crippen LogP contribution in [0.4, 0.5) is 14.9 Å². The van der Waals surface area contributed by atoms with Crippen LogP contribution in [0.15, 0.2) is 72.8 Å². The number of hydrogen-bond donors (Lipinski definition) is 3. The van der Waals surface area contributed by atoms with Crippen molar-refractivity contribution in [3.63, 3.8) is 0 Å². The summed E-state index contributed by atoms with van der Waals surface area (Å²) in [6.45, 7) is -0.0748. The number of ether oxygens (including phenoxy) is 3. The van der Waals surface area contributed by atoms with Crippen LogP contribution >= 0.6 is 12.6 Å². The van der Waals surface area contributed by atoms with Crippen molar-refractivity contribution in [3.8, 4) is 17.6 Å². The number of nitrogens with one attached hydrogen (secondary N) is 1. The Bertz CT molecular complexity index is 1220. The number of nitrogens with zero attached hydrogens (tertiary/aromatic N) is 1. The first kappa shape index (κ1) is 26.4. The lowest BCUT2D eigenvalue weighted by atomic mass is 10.0. The first-order valence-corrected chi connectivity index (χ1v) is 11.5. The van der Waals surface area contributed by atoms with Gasteiger partial charge in [-0.3, -0.25) is 10.1 Å². The van der Waals surface area contributed by atoms with Crippen LogP contribution in [0.25, 0.3) is 0 Å². The van der Waals surface area contributed by atoms with Crippen molar-refractivity contribution >= 4 is 30.4 Å². The van der Waals surface area contributed by atoms with E-state index in [0.717, 1.165) is 12.1 Å². The minimum Gasteiger partial charge on any atom is -0.505 e. The molecule has 3 rings (SSSR count). The van der Waals surface area contributed by atoms with Gasteiger partial charge in [0.2, 0.25) is 0 Å². The fourth-order valence-electron chi connectivity index (χ4n) is 3.23. The highest BCUT2D eigenvalue weighted by Crippen LogP contribution is 2.31. The van der Waals surface area contributed by atoms with E-state index in [2.05, 4.69) is 17.9 Å².